The van der Waals surface area contributed by atoms with E-state index in [0.717, 1.165) is 57.8 Å². The summed E-state index contributed by atoms with van der Waals surface area (Å²) in [5.41, 5.74) is 0. The number of quaternary nitrogens is 1. The summed E-state index contributed by atoms with van der Waals surface area (Å²) in [6, 6.07) is 0. The first-order chi connectivity index (χ1) is 13.9. The third-order valence-electron chi connectivity index (χ3n) is 6.49. The fourth-order valence-corrected chi connectivity index (χ4v) is 5.62. The molecule has 0 spiro atoms. The van der Waals surface area contributed by atoms with Gasteiger partial charge in [-0.05, 0) is 19.3 Å². The molecule has 0 heterocycles. The standard InChI is InChI=1S/C25H52O3S.H3N/c1-4-7-10-13-16-19-22-25(29(26,27)28,23-20-17-14-11-8-5-2)24-21-18-15-12-9-6-3;/h4-24H2,1-3H3,(H,26,27,28);1H3. The molecule has 0 radical (unpaired) electrons. The summed E-state index contributed by atoms with van der Waals surface area (Å²) in [5.74, 6) is 0. The molecule has 30 heavy (non-hydrogen) atoms. The summed E-state index contributed by atoms with van der Waals surface area (Å²) in [6.07, 6.45) is 22.1. The molecule has 0 aliphatic heterocycles. The van der Waals surface area contributed by atoms with Crippen LogP contribution in [-0.2, 0) is 10.1 Å². The highest BCUT2D eigenvalue weighted by molar-refractivity contribution is 7.87. The van der Waals surface area contributed by atoms with Gasteiger partial charge in [0.15, 0.2) is 0 Å². The van der Waals surface area contributed by atoms with Crippen LogP contribution < -0.4 is 6.15 Å². The van der Waals surface area contributed by atoms with Gasteiger partial charge in [-0.2, -0.15) is 0 Å². The highest BCUT2D eigenvalue weighted by atomic mass is 32.2. The van der Waals surface area contributed by atoms with E-state index < -0.39 is 14.9 Å². The van der Waals surface area contributed by atoms with Crippen LogP contribution in [0, 0.1) is 0 Å². The zero-order valence-electron chi connectivity index (χ0n) is 21.0. The second-order valence-electron chi connectivity index (χ2n) is 9.19. The molecule has 0 amide bonds. The van der Waals surface area contributed by atoms with Crippen LogP contribution >= 0.6 is 0 Å². The summed E-state index contributed by atoms with van der Waals surface area (Å²) < 4.78 is 36.2. The molecule has 0 aromatic rings. The molecule has 0 aromatic heterocycles. The van der Waals surface area contributed by atoms with E-state index in [0.29, 0.717) is 19.3 Å². The SMILES string of the molecule is CCCCCCCCC(CCCCCCCC)(CCCCCCCC)S(=O)(=O)[O-].[NH4+]. The van der Waals surface area contributed by atoms with Gasteiger partial charge in [0.05, 0.1) is 4.75 Å². The molecule has 0 atom stereocenters. The predicted molar refractivity (Wildman–Crippen MR) is 132 cm³/mol. The Kier molecular flexibility index (Phi) is 22.2. The Morgan fingerprint density at radius 1 is 0.500 bits per heavy atom. The lowest BCUT2D eigenvalue weighted by molar-refractivity contribution is 0.337. The Bertz CT molecular complexity index is 411. The lowest BCUT2D eigenvalue weighted by atomic mass is 9.88. The fourth-order valence-electron chi connectivity index (χ4n) is 4.43. The van der Waals surface area contributed by atoms with Crippen LogP contribution in [0.1, 0.15) is 156 Å². The second kappa shape index (κ2) is 20.8. The number of hydrogen-bond acceptors (Lipinski definition) is 3. The molecule has 0 aliphatic rings. The normalized spacial score (nSPS) is 12.1. The highest BCUT2D eigenvalue weighted by Crippen LogP contribution is 2.36. The number of hydrogen-bond donors (Lipinski definition) is 1. The third kappa shape index (κ3) is 15.6. The van der Waals surface area contributed by atoms with Crippen molar-refractivity contribution in [2.24, 2.45) is 0 Å². The van der Waals surface area contributed by atoms with Gasteiger partial charge >= 0.3 is 0 Å². The quantitative estimate of drug-likeness (QED) is 0.132. The highest BCUT2D eigenvalue weighted by Gasteiger charge is 2.35. The van der Waals surface area contributed by atoms with Crippen molar-refractivity contribution < 1.29 is 13.0 Å². The Balaban J connectivity index is 0. The van der Waals surface area contributed by atoms with Crippen molar-refractivity contribution >= 4 is 10.1 Å². The Morgan fingerprint density at radius 2 is 0.733 bits per heavy atom. The van der Waals surface area contributed by atoms with Crippen LogP contribution in [0.3, 0.4) is 0 Å². The van der Waals surface area contributed by atoms with Crippen molar-refractivity contribution in [3.05, 3.63) is 0 Å². The van der Waals surface area contributed by atoms with Crippen LogP contribution in [-0.4, -0.2) is 17.7 Å². The molecule has 4 nitrogen and oxygen atoms in total. The first-order valence-electron chi connectivity index (χ1n) is 12.9. The molecule has 0 fully saturated rings. The van der Waals surface area contributed by atoms with Gasteiger partial charge in [-0.1, -0.05) is 136 Å². The number of unbranched alkanes of at least 4 members (excludes halogenated alkanes) is 15. The zero-order chi connectivity index (χ0) is 21.8. The van der Waals surface area contributed by atoms with E-state index in [-0.39, 0.29) is 6.15 Å². The van der Waals surface area contributed by atoms with E-state index in [1.165, 1.54) is 57.8 Å². The molecule has 5 heteroatoms. The molecule has 4 N–H and O–H groups in total. The molecule has 184 valence electrons. The zero-order valence-corrected chi connectivity index (χ0v) is 21.8. The van der Waals surface area contributed by atoms with E-state index in [4.69, 9.17) is 0 Å². The van der Waals surface area contributed by atoms with E-state index in [2.05, 4.69) is 20.8 Å². The van der Waals surface area contributed by atoms with Crippen LogP contribution in [0.15, 0.2) is 0 Å². The Labute approximate surface area is 189 Å². The van der Waals surface area contributed by atoms with Crippen LogP contribution in [0.2, 0.25) is 0 Å². The lowest BCUT2D eigenvalue weighted by Gasteiger charge is -2.37. The van der Waals surface area contributed by atoms with Crippen molar-refractivity contribution in [3.63, 3.8) is 0 Å². The minimum Gasteiger partial charge on any atom is -0.748 e. The van der Waals surface area contributed by atoms with Crippen LogP contribution in [0.5, 0.6) is 0 Å². The average molecular weight is 450 g/mol. The topological polar surface area (TPSA) is 93.7 Å². The summed E-state index contributed by atoms with van der Waals surface area (Å²) in [6.45, 7) is 6.61. The van der Waals surface area contributed by atoms with Crippen molar-refractivity contribution in [2.45, 2.75) is 160 Å². The van der Waals surface area contributed by atoms with Crippen molar-refractivity contribution in [1.82, 2.24) is 6.15 Å². The van der Waals surface area contributed by atoms with E-state index in [9.17, 15) is 13.0 Å². The van der Waals surface area contributed by atoms with Gasteiger partial charge < -0.3 is 10.7 Å². The van der Waals surface area contributed by atoms with Gasteiger partial charge in [0, 0.05) is 0 Å². The van der Waals surface area contributed by atoms with Gasteiger partial charge in [0.25, 0.3) is 0 Å². The minimum absolute atomic E-state index is 0. The molecule has 0 saturated carbocycles. The largest absolute Gasteiger partial charge is 0.748 e. The predicted octanol–water partition coefficient (Wildman–Crippen LogP) is 8.90. The van der Waals surface area contributed by atoms with Gasteiger partial charge in [-0.25, -0.2) is 8.42 Å². The molecule has 0 saturated heterocycles. The van der Waals surface area contributed by atoms with E-state index in [1.807, 2.05) is 0 Å². The second-order valence-corrected chi connectivity index (χ2v) is 11.0. The van der Waals surface area contributed by atoms with Crippen LogP contribution in [0.25, 0.3) is 0 Å². The molecule has 0 rings (SSSR count). The van der Waals surface area contributed by atoms with E-state index >= 15 is 0 Å². The van der Waals surface area contributed by atoms with Crippen LogP contribution in [0.4, 0.5) is 0 Å². The summed E-state index contributed by atoms with van der Waals surface area (Å²) in [5, 5.41) is 0. The fraction of sp³-hybridized carbons (Fsp3) is 1.00. The molecule has 0 aliphatic carbocycles. The van der Waals surface area contributed by atoms with Crippen molar-refractivity contribution in [2.75, 3.05) is 0 Å². The van der Waals surface area contributed by atoms with E-state index in [1.54, 1.807) is 0 Å². The molecular weight excluding hydrogens is 394 g/mol. The monoisotopic (exact) mass is 449 g/mol. The average Bonchev–Trinajstić information content (AvgIpc) is 2.68. The smallest absolute Gasteiger partial charge is 0.100 e. The van der Waals surface area contributed by atoms with Gasteiger partial charge in [-0.3, -0.25) is 0 Å². The molecular formula is C25H55NO3S. The Hall–Kier alpha value is -0.130. The van der Waals surface area contributed by atoms with Crippen molar-refractivity contribution in [1.29, 1.82) is 0 Å². The van der Waals surface area contributed by atoms with Gasteiger partial charge in [0.1, 0.15) is 10.1 Å². The summed E-state index contributed by atoms with van der Waals surface area (Å²) in [4.78, 5) is 0. The maximum Gasteiger partial charge on any atom is 0.100 e. The maximum atomic E-state index is 12.4. The van der Waals surface area contributed by atoms with Gasteiger partial charge in [0.2, 0.25) is 0 Å². The first-order valence-corrected chi connectivity index (χ1v) is 14.3. The van der Waals surface area contributed by atoms with Gasteiger partial charge in [-0.15, -0.1) is 0 Å². The lowest BCUT2D eigenvalue weighted by Crippen LogP contribution is -2.38. The molecule has 0 bridgehead atoms. The number of rotatable bonds is 22. The Morgan fingerprint density at radius 3 is 0.967 bits per heavy atom. The minimum atomic E-state index is -4.27. The first kappa shape index (κ1) is 32.1. The molecule has 0 unspecified atom stereocenters. The summed E-state index contributed by atoms with van der Waals surface area (Å²) >= 11 is 0. The molecule has 0 aromatic carbocycles. The van der Waals surface area contributed by atoms with Crippen molar-refractivity contribution in [3.8, 4) is 0 Å². The third-order valence-corrected chi connectivity index (χ3v) is 8.16. The maximum absolute atomic E-state index is 12.4. The summed E-state index contributed by atoms with van der Waals surface area (Å²) in [7, 11) is -4.27.